The first-order chi connectivity index (χ1) is 9.52. The third-order valence-electron chi connectivity index (χ3n) is 2.07. The molecule has 1 amide bonds. The Hall–Kier alpha value is -1.87. The van der Waals surface area contributed by atoms with Crippen molar-refractivity contribution in [2.24, 2.45) is 0 Å². The smallest absolute Gasteiger partial charge is 0.236 e. The van der Waals surface area contributed by atoms with E-state index in [4.69, 9.17) is 11.5 Å². The molecular weight excluding hydrogens is 344 g/mol. The number of carbonyl (C=O) groups excluding carboxylic acids is 1. The van der Waals surface area contributed by atoms with Gasteiger partial charge in [0, 0.05) is 16.7 Å². The van der Waals surface area contributed by atoms with E-state index in [1.165, 1.54) is 6.07 Å². The lowest BCUT2D eigenvalue weighted by molar-refractivity contribution is -0.113. The van der Waals surface area contributed by atoms with Crippen LogP contribution in [0.5, 0.6) is 0 Å². The van der Waals surface area contributed by atoms with E-state index >= 15 is 0 Å². The van der Waals surface area contributed by atoms with Gasteiger partial charge in [-0.25, -0.2) is 15.0 Å². The largest absolute Gasteiger partial charge is 0.383 e. The molecule has 0 saturated carbocycles. The fourth-order valence-electron chi connectivity index (χ4n) is 1.29. The Kier molecular flexibility index (Phi) is 4.74. The summed E-state index contributed by atoms with van der Waals surface area (Å²) >= 11 is 4.41. The number of halogens is 1. The maximum absolute atomic E-state index is 11.7. The standard InChI is InChI=1S/C11H11BrN6OS/c12-6-1-2-9(15-4-6)18-10(19)5-20-11-16-7(13)3-8(14)17-11/h1-4H,5H2,(H,15,18,19)(H4,13,14,16,17). The van der Waals surface area contributed by atoms with Gasteiger partial charge in [0.05, 0.1) is 5.75 Å². The molecule has 5 N–H and O–H groups in total. The normalized spacial score (nSPS) is 10.2. The Balaban J connectivity index is 1.90. The Bertz CT molecular complexity index is 601. The summed E-state index contributed by atoms with van der Waals surface area (Å²) in [5.41, 5.74) is 11.1. The van der Waals surface area contributed by atoms with Crippen molar-refractivity contribution in [1.29, 1.82) is 0 Å². The van der Waals surface area contributed by atoms with E-state index in [9.17, 15) is 4.79 Å². The van der Waals surface area contributed by atoms with Gasteiger partial charge in [0.2, 0.25) is 5.91 Å². The molecule has 2 heterocycles. The fraction of sp³-hybridized carbons (Fsp3) is 0.0909. The second kappa shape index (κ2) is 6.53. The number of pyridine rings is 1. The van der Waals surface area contributed by atoms with Crippen molar-refractivity contribution < 1.29 is 4.79 Å². The maximum Gasteiger partial charge on any atom is 0.236 e. The quantitative estimate of drug-likeness (QED) is 0.562. The second-order valence-electron chi connectivity index (χ2n) is 3.70. The lowest BCUT2D eigenvalue weighted by Crippen LogP contribution is -2.15. The van der Waals surface area contributed by atoms with Gasteiger partial charge in [-0.15, -0.1) is 0 Å². The maximum atomic E-state index is 11.7. The van der Waals surface area contributed by atoms with Gasteiger partial charge in [0.1, 0.15) is 17.5 Å². The monoisotopic (exact) mass is 354 g/mol. The van der Waals surface area contributed by atoms with Gasteiger partial charge in [0.25, 0.3) is 0 Å². The molecule has 7 nitrogen and oxygen atoms in total. The van der Waals surface area contributed by atoms with Crippen LogP contribution in [-0.2, 0) is 4.79 Å². The fourth-order valence-corrected chi connectivity index (χ4v) is 2.19. The van der Waals surface area contributed by atoms with Crippen molar-refractivity contribution in [2.75, 3.05) is 22.5 Å². The number of nitrogen functional groups attached to an aromatic ring is 2. The van der Waals surface area contributed by atoms with E-state index in [2.05, 4.69) is 36.2 Å². The minimum Gasteiger partial charge on any atom is -0.383 e. The van der Waals surface area contributed by atoms with Gasteiger partial charge in [-0.3, -0.25) is 4.79 Å². The van der Waals surface area contributed by atoms with Crippen molar-refractivity contribution in [3.63, 3.8) is 0 Å². The minimum absolute atomic E-state index is 0.140. The van der Waals surface area contributed by atoms with Crippen molar-refractivity contribution in [2.45, 2.75) is 5.16 Å². The van der Waals surface area contributed by atoms with Gasteiger partial charge in [-0.1, -0.05) is 11.8 Å². The number of carbonyl (C=O) groups is 1. The third-order valence-corrected chi connectivity index (χ3v) is 3.39. The molecule has 2 aromatic heterocycles. The number of hydrogen-bond acceptors (Lipinski definition) is 7. The first kappa shape index (κ1) is 14.5. The summed E-state index contributed by atoms with van der Waals surface area (Å²) in [7, 11) is 0. The first-order valence-corrected chi connectivity index (χ1v) is 7.25. The summed E-state index contributed by atoms with van der Waals surface area (Å²) in [6.07, 6.45) is 1.60. The van der Waals surface area contributed by atoms with Crippen LogP contribution >= 0.6 is 27.7 Å². The lowest BCUT2D eigenvalue weighted by Gasteiger charge is -2.04. The third kappa shape index (κ3) is 4.35. The number of anilines is 3. The van der Waals surface area contributed by atoms with Crippen molar-refractivity contribution in [1.82, 2.24) is 15.0 Å². The molecule has 0 atom stereocenters. The molecule has 0 spiro atoms. The number of amides is 1. The number of hydrogen-bond donors (Lipinski definition) is 3. The average Bonchev–Trinajstić information content (AvgIpc) is 2.38. The Labute approximate surface area is 127 Å². The topological polar surface area (TPSA) is 120 Å². The summed E-state index contributed by atoms with van der Waals surface area (Å²) in [4.78, 5) is 23.7. The Morgan fingerprint density at radius 1 is 1.30 bits per heavy atom. The van der Waals surface area contributed by atoms with Crippen LogP contribution in [0.3, 0.4) is 0 Å². The highest BCUT2D eigenvalue weighted by Crippen LogP contribution is 2.17. The van der Waals surface area contributed by atoms with Gasteiger partial charge in [0.15, 0.2) is 5.16 Å². The van der Waals surface area contributed by atoms with Crippen molar-refractivity contribution >= 4 is 51.1 Å². The molecule has 0 aromatic carbocycles. The zero-order valence-electron chi connectivity index (χ0n) is 10.2. The Morgan fingerprint density at radius 3 is 2.60 bits per heavy atom. The number of nitrogens with two attached hydrogens (primary N) is 2. The molecule has 0 fully saturated rings. The second-order valence-corrected chi connectivity index (χ2v) is 5.56. The van der Waals surface area contributed by atoms with E-state index in [1.54, 1.807) is 18.3 Å². The van der Waals surface area contributed by atoms with Crippen LogP contribution in [0.15, 0.2) is 34.0 Å². The minimum atomic E-state index is -0.214. The van der Waals surface area contributed by atoms with Crippen LogP contribution in [-0.4, -0.2) is 26.6 Å². The van der Waals surface area contributed by atoms with Crippen LogP contribution in [0.4, 0.5) is 17.5 Å². The molecule has 0 saturated heterocycles. The number of nitrogens with one attached hydrogen (secondary N) is 1. The Morgan fingerprint density at radius 2 is 2.00 bits per heavy atom. The molecule has 0 unspecified atom stereocenters. The van der Waals surface area contributed by atoms with Crippen LogP contribution < -0.4 is 16.8 Å². The molecule has 0 aliphatic rings. The molecule has 2 aromatic rings. The van der Waals surface area contributed by atoms with Crippen molar-refractivity contribution in [3.8, 4) is 0 Å². The molecule has 0 aliphatic heterocycles. The molecule has 104 valence electrons. The van der Waals surface area contributed by atoms with E-state index in [-0.39, 0.29) is 23.3 Å². The SMILES string of the molecule is Nc1cc(N)nc(SCC(=O)Nc2ccc(Br)cn2)n1. The highest BCUT2D eigenvalue weighted by Gasteiger charge is 2.07. The molecule has 0 aliphatic carbocycles. The number of nitrogens with zero attached hydrogens (tertiary/aromatic N) is 3. The molecule has 0 radical (unpaired) electrons. The van der Waals surface area contributed by atoms with E-state index in [0.717, 1.165) is 16.2 Å². The molecule has 9 heteroatoms. The predicted molar refractivity (Wildman–Crippen MR) is 82.1 cm³/mol. The van der Waals surface area contributed by atoms with Gasteiger partial charge in [-0.05, 0) is 28.1 Å². The summed E-state index contributed by atoms with van der Waals surface area (Å²) in [6, 6.07) is 4.94. The zero-order valence-corrected chi connectivity index (χ0v) is 12.6. The number of rotatable bonds is 4. The average molecular weight is 355 g/mol. The first-order valence-electron chi connectivity index (χ1n) is 5.47. The van der Waals surface area contributed by atoms with Gasteiger partial charge in [-0.2, -0.15) is 0 Å². The van der Waals surface area contributed by atoms with Crippen molar-refractivity contribution in [3.05, 3.63) is 28.9 Å². The van der Waals surface area contributed by atoms with Crippen LogP contribution in [0.25, 0.3) is 0 Å². The van der Waals surface area contributed by atoms with Crippen LogP contribution in [0.2, 0.25) is 0 Å². The molecule has 20 heavy (non-hydrogen) atoms. The molecule has 0 bridgehead atoms. The van der Waals surface area contributed by atoms with E-state index < -0.39 is 0 Å². The summed E-state index contributed by atoms with van der Waals surface area (Å²) in [5.74, 6) is 0.951. The summed E-state index contributed by atoms with van der Waals surface area (Å²) < 4.78 is 0.841. The summed E-state index contributed by atoms with van der Waals surface area (Å²) in [5, 5.41) is 3.02. The van der Waals surface area contributed by atoms with Gasteiger partial charge >= 0.3 is 0 Å². The number of thioether (sulfide) groups is 1. The van der Waals surface area contributed by atoms with E-state index in [1.807, 2.05) is 0 Å². The predicted octanol–water partition coefficient (Wildman–Crippen LogP) is 1.53. The van der Waals surface area contributed by atoms with Crippen LogP contribution in [0.1, 0.15) is 0 Å². The number of aromatic nitrogens is 3. The van der Waals surface area contributed by atoms with Crippen LogP contribution in [0, 0.1) is 0 Å². The lowest BCUT2D eigenvalue weighted by atomic mass is 10.4. The zero-order chi connectivity index (χ0) is 14.5. The highest BCUT2D eigenvalue weighted by molar-refractivity contribution is 9.10. The van der Waals surface area contributed by atoms with E-state index in [0.29, 0.717) is 11.0 Å². The highest BCUT2D eigenvalue weighted by atomic mass is 79.9. The summed E-state index contributed by atoms with van der Waals surface area (Å²) in [6.45, 7) is 0. The molecule has 2 rings (SSSR count). The molecular formula is C11H11BrN6OS. The van der Waals surface area contributed by atoms with Gasteiger partial charge < -0.3 is 16.8 Å².